The Labute approximate surface area is 166 Å². The van der Waals surface area contributed by atoms with Crippen molar-refractivity contribution in [1.82, 2.24) is 0 Å². The van der Waals surface area contributed by atoms with Crippen molar-refractivity contribution in [3.05, 3.63) is 48.5 Å². The molecule has 0 aromatic heterocycles. The number of hydrogen-bond acceptors (Lipinski definition) is 4. The van der Waals surface area contributed by atoms with E-state index in [-0.39, 0.29) is 11.8 Å². The van der Waals surface area contributed by atoms with Crippen LogP contribution in [-0.2, 0) is 9.59 Å². The fraction of sp³-hybridized carbons (Fsp3) is 0.364. The molecule has 0 spiro atoms. The lowest BCUT2D eigenvalue weighted by Crippen LogP contribution is -2.11. The van der Waals surface area contributed by atoms with Crippen molar-refractivity contribution in [3.8, 4) is 0 Å². The van der Waals surface area contributed by atoms with Gasteiger partial charge in [0, 0.05) is 35.6 Å². The molecule has 0 heterocycles. The SMILES string of the molecule is Nc1ccc(NC(=O)CCCCCCCCC(=O)Nc2ccc(N)cc2)cc1. The average Bonchev–Trinajstić information content (AvgIpc) is 2.67. The first kappa shape index (κ1) is 21.3. The predicted octanol–water partition coefficient (Wildman–Crippen LogP) is 4.55. The third kappa shape index (κ3) is 8.58. The van der Waals surface area contributed by atoms with Gasteiger partial charge >= 0.3 is 0 Å². The van der Waals surface area contributed by atoms with E-state index in [0.29, 0.717) is 24.2 Å². The van der Waals surface area contributed by atoms with E-state index in [1.165, 1.54) is 0 Å². The third-order valence-corrected chi connectivity index (χ3v) is 4.45. The molecule has 0 unspecified atom stereocenters. The van der Waals surface area contributed by atoms with Gasteiger partial charge in [0.2, 0.25) is 11.8 Å². The zero-order valence-corrected chi connectivity index (χ0v) is 16.2. The summed E-state index contributed by atoms with van der Waals surface area (Å²) in [6.07, 6.45) is 6.99. The molecule has 0 aliphatic carbocycles. The van der Waals surface area contributed by atoms with Crippen LogP contribution in [0.4, 0.5) is 22.7 Å². The van der Waals surface area contributed by atoms with E-state index in [4.69, 9.17) is 11.5 Å². The summed E-state index contributed by atoms with van der Waals surface area (Å²) in [6.45, 7) is 0. The van der Waals surface area contributed by atoms with Crippen LogP contribution in [-0.4, -0.2) is 11.8 Å². The maximum Gasteiger partial charge on any atom is 0.224 e. The standard InChI is InChI=1S/C22H30N4O2/c23-17-9-13-19(14-10-17)25-21(27)7-5-3-1-2-4-6-8-22(28)26-20-15-11-18(24)12-16-20/h9-16H,1-8,23-24H2,(H,25,27)(H,26,28). The highest BCUT2D eigenvalue weighted by atomic mass is 16.2. The summed E-state index contributed by atoms with van der Waals surface area (Å²) in [5.74, 6) is 0.0632. The van der Waals surface area contributed by atoms with Crippen LogP contribution in [0.25, 0.3) is 0 Å². The number of unbranched alkanes of at least 4 members (excludes halogenated alkanes) is 5. The van der Waals surface area contributed by atoms with Crippen LogP contribution < -0.4 is 22.1 Å². The second kappa shape index (κ2) is 11.6. The van der Waals surface area contributed by atoms with E-state index in [1.807, 2.05) is 0 Å². The number of hydrogen-bond donors (Lipinski definition) is 4. The number of benzene rings is 2. The lowest BCUT2D eigenvalue weighted by Gasteiger charge is -2.06. The van der Waals surface area contributed by atoms with Crippen LogP contribution in [0.1, 0.15) is 51.4 Å². The maximum absolute atomic E-state index is 11.9. The normalized spacial score (nSPS) is 10.4. The van der Waals surface area contributed by atoms with E-state index in [9.17, 15) is 9.59 Å². The molecule has 0 radical (unpaired) electrons. The number of amides is 2. The maximum atomic E-state index is 11.9. The molecular formula is C22H30N4O2. The van der Waals surface area contributed by atoms with Crippen molar-refractivity contribution in [2.45, 2.75) is 51.4 Å². The molecule has 150 valence electrons. The van der Waals surface area contributed by atoms with Crippen molar-refractivity contribution in [2.24, 2.45) is 0 Å². The number of anilines is 4. The highest BCUT2D eigenvalue weighted by molar-refractivity contribution is 5.91. The van der Waals surface area contributed by atoms with Crippen LogP contribution >= 0.6 is 0 Å². The van der Waals surface area contributed by atoms with Gasteiger partial charge in [0.25, 0.3) is 0 Å². The summed E-state index contributed by atoms with van der Waals surface area (Å²) < 4.78 is 0. The van der Waals surface area contributed by atoms with Gasteiger partial charge in [0.05, 0.1) is 0 Å². The Morgan fingerprint density at radius 2 is 0.893 bits per heavy atom. The van der Waals surface area contributed by atoms with Gasteiger partial charge in [-0.3, -0.25) is 9.59 Å². The van der Waals surface area contributed by atoms with Gasteiger partial charge in [-0.05, 0) is 61.4 Å². The molecule has 0 fully saturated rings. The Morgan fingerprint density at radius 1 is 0.571 bits per heavy atom. The van der Waals surface area contributed by atoms with Gasteiger partial charge in [-0.15, -0.1) is 0 Å². The molecule has 0 aliphatic heterocycles. The molecule has 0 saturated heterocycles. The summed E-state index contributed by atoms with van der Waals surface area (Å²) in [4.78, 5) is 23.8. The van der Waals surface area contributed by atoms with Gasteiger partial charge in [0.15, 0.2) is 0 Å². The summed E-state index contributed by atoms with van der Waals surface area (Å²) >= 11 is 0. The van der Waals surface area contributed by atoms with E-state index in [1.54, 1.807) is 48.5 Å². The van der Waals surface area contributed by atoms with E-state index >= 15 is 0 Å². The molecule has 2 aromatic carbocycles. The Kier molecular flexibility index (Phi) is 8.85. The van der Waals surface area contributed by atoms with Crippen molar-refractivity contribution in [1.29, 1.82) is 0 Å². The summed E-state index contributed by atoms with van der Waals surface area (Å²) in [5.41, 5.74) is 14.2. The lowest BCUT2D eigenvalue weighted by molar-refractivity contribution is -0.117. The van der Waals surface area contributed by atoms with Crippen molar-refractivity contribution < 1.29 is 9.59 Å². The Bertz CT molecular complexity index is 677. The van der Waals surface area contributed by atoms with Gasteiger partial charge in [-0.2, -0.15) is 0 Å². The van der Waals surface area contributed by atoms with Gasteiger partial charge in [-0.1, -0.05) is 25.7 Å². The summed E-state index contributed by atoms with van der Waals surface area (Å²) in [7, 11) is 0. The van der Waals surface area contributed by atoms with Crippen LogP contribution in [0.3, 0.4) is 0 Å². The predicted molar refractivity (Wildman–Crippen MR) is 116 cm³/mol. The highest BCUT2D eigenvalue weighted by Crippen LogP contribution is 2.14. The first-order chi connectivity index (χ1) is 13.5. The molecule has 6 nitrogen and oxygen atoms in total. The second-order valence-electron chi connectivity index (χ2n) is 6.96. The number of carbonyl (C=O) groups excluding carboxylic acids is 2. The monoisotopic (exact) mass is 382 g/mol. The molecule has 2 aromatic rings. The quantitative estimate of drug-likeness (QED) is 0.337. The van der Waals surface area contributed by atoms with E-state index < -0.39 is 0 Å². The first-order valence-electron chi connectivity index (χ1n) is 9.84. The Morgan fingerprint density at radius 3 is 1.25 bits per heavy atom. The third-order valence-electron chi connectivity index (χ3n) is 4.45. The van der Waals surface area contributed by atoms with Gasteiger partial charge < -0.3 is 22.1 Å². The number of carbonyl (C=O) groups is 2. The van der Waals surface area contributed by atoms with Crippen molar-refractivity contribution in [3.63, 3.8) is 0 Å². The molecule has 0 bridgehead atoms. The van der Waals surface area contributed by atoms with Crippen LogP contribution in [0.5, 0.6) is 0 Å². The number of nitrogen functional groups attached to an aromatic ring is 2. The van der Waals surface area contributed by atoms with Gasteiger partial charge in [0.1, 0.15) is 0 Å². The van der Waals surface area contributed by atoms with E-state index in [2.05, 4.69) is 10.6 Å². The fourth-order valence-corrected chi connectivity index (χ4v) is 2.86. The molecule has 6 N–H and O–H groups in total. The Balaban J connectivity index is 1.45. The number of nitrogens with one attached hydrogen (secondary N) is 2. The summed E-state index contributed by atoms with van der Waals surface area (Å²) in [5, 5.41) is 5.74. The van der Waals surface area contributed by atoms with Crippen LogP contribution in [0.15, 0.2) is 48.5 Å². The summed E-state index contributed by atoms with van der Waals surface area (Å²) in [6, 6.07) is 14.3. The Hall–Kier alpha value is -3.02. The molecule has 2 rings (SSSR count). The minimum atomic E-state index is 0.0316. The van der Waals surface area contributed by atoms with Crippen LogP contribution in [0.2, 0.25) is 0 Å². The smallest absolute Gasteiger partial charge is 0.224 e. The van der Waals surface area contributed by atoms with Crippen molar-refractivity contribution in [2.75, 3.05) is 22.1 Å². The van der Waals surface area contributed by atoms with Gasteiger partial charge in [-0.25, -0.2) is 0 Å². The molecular weight excluding hydrogens is 352 g/mol. The largest absolute Gasteiger partial charge is 0.399 e. The molecule has 0 aliphatic rings. The zero-order valence-electron chi connectivity index (χ0n) is 16.2. The molecule has 0 saturated carbocycles. The minimum absolute atomic E-state index is 0.0316. The minimum Gasteiger partial charge on any atom is -0.399 e. The zero-order chi connectivity index (χ0) is 20.2. The number of nitrogens with two attached hydrogens (primary N) is 2. The topological polar surface area (TPSA) is 110 Å². The fourth-order valence-electron chi connectivity index (χ4n) is 2.86. The number of rotatable bonds is 11. The first-order valence-corrected chi connectivity index (χ1v) is 9.84. The average molecular weight is 383 g/mol. The molecule has 0 atom stereocenters. The molecule has 6 heteroatoms. The van der Waals surface area contributed by atoms with Crippen LogP contribution in [0, 0.1) is 0 Å². The molecule has 2 amide bonds. The van der Waals surface area contributed by atoms with Crippen molar-refractivity contribution >= 4 is 34.6 Å². The van der Waals surface area contributed by atoms with E-state index in [0.717, 1.165) is 49.9 Å². The highest BCUT2D eigenvalue weighted by Gasteiger charge is 2.04. The lowest BCUT2D eigenvalue weighted by atomic mass is 10.1. The molecule has 28 heavy (non-hydrogen) atoms. The second-order valence-corrected chi connectivity index (χ2v) is 6.96.